The van der Waals surface area contributed by atoms with E-state index < -0.39 is 0 Å². The summed E-state index contributed by atoms with van der Waals surface area (Å²) < 4.78 is 5.56. The van der Waals surface area contributed by atoms with E-state index in [1.54, 1.807) is 0 Å². The van der Waals surface area contributed by atoms with E-state index in [1.807, 2.05) is 0 Å². The maximum Gasteiger partial charge on any atom is 0.151 e. The van der Waals surface area contributed by atoms with Gasteiger partial charge in [0, 0.05) is 6.61 Å². The second kappa shape index (κ2) is 3.41. The van der Waals surface area contributed by atoms with E-state index in [2.05, 4.69) is 6.92 Å². The summed E-state index contributed by atoms with van der Waals surface area (Å²) in [6.45, 7) is 3.06. The van der Waals surface area contributed by atoms with Crippen LogP contribution in [0.3, 0.4) is 0 Å². The standard InChI is InChI=1S/C11H18O2/c1-9-5-10(6-9)7-11(8-12)3-2-4-13-11/h8-10H,2-7H2,1H3. The molecular formula is C11H18O2. The summed E-state index contributed by atoms with van der Waals surface area (Å²) in [5.74, 6) is 1.62. The molecule has 0 radical (unpaired) electrons. The van der Waals surface area contributed by atoms with Gasteiger partial charge in [0.1, 0.15) is 5.60 Å². The molecule has 2 rings (SSSR count). The Bertz CT molecular complexity index is 188. The van der Waals surface area contributed by atoms with E-state index in [9.17, 15) is 4.79 Å². The Balaban J connectivity index is 1.87. The molecule has 0 N–H and O–H groups in total. The summed E-state index contributed by atoms with van der Waals surface area (Å²) in [7, 11) is 0. The molecule has 1 saturated carbocycles. The Kier molecular flexibility index (Phi) is 2.41. The van der Waals surface area contributed by atoms with Crippen LogP contribution in [-0.4, -0.2) is 18.5 Å². The van der Waals surface area contributed by atoms with Crippen molar-refractivity contribution < 1.29 is 9.53 Å². The van der Waals surface area contributed by atoms with Gasteiger partial charge in [-0.15, -0.1) is 0 Å². The zero-order chi connectivity index (χ0) is 9.31. The van der Waals surface area contributed by atoms with Gasteiger partial charge in [-0.2, -0.15) is 0 Å². The first-order chi connectivity index (χ1) is 6.24. The summed E-state index contributed by atoms with van der Waals surface area (Å²) >= 11 is 0. The number of hydrogen-bond acceptors (Lipinski definition) is 2. The van der Waals surface area contributed by atoms with Crippen LogP contribution < -0.4 is 0 Å². The van der Waals surface area contributed by atoms with Crippen molar-refractivity contribution in [3.63, 3.8) is 0 Å². The van der Waals surface area contributed by atoms with Gasteiger partial charge in [0.2, 0.25) is 0 Å². The molecule has 0 aromatic heterocycles. The second-order valence-corrected chi connectivity index (χ2v) is 4.78. The van der Waals surface area contributed by atoms with Gasteiger partial charge in [-0.05, 0) is 43.9 Å². The van der Waals surface area contributed by atoms with Gasteiger partial charge >= 0.3 is 0 Å². The molecule has 2 nitrogen and oxygen atoms in total. The lowest BCUT2D eigenvalue weighted by molar-refractivity contribution is -0.129. The van der Waals surface area contributed by atoms with Gasteiger partial charge in [-0.25, -0.2) is 0 Å². The Labute approximate surface area is 79.7 Å². The number of aldehydes is 1. The van der Waals surface area contributed by atoms with Crippen LogP contribution >= 0.6 is 0 Å². The minimum atomic E-state index is -0.384. The van der Waals surface area contributed by atoms with E-state index in [0.717, 1.165) is 44.0 Å². The summed E-state index contributed by atoms with van der Waals surface area (Å²) in [5, 5.41) is 0. The molecule has 0 spiro atoms. The van der Waals surface area contributed by atoms with Gasteiger partial charge in [0.15, 0.2) is 6.29 Å². The zero-order valence-corrected chi connectivity index (χ0v) is 8.29. The predicted octanol–water partition coefficient (Wildman–Crippen LogP) is 2.17. The van der Waals surface area contributed by atoms with Crippen molar-refractivity contribution >= 4 is 6.29 Å². The molecule has 2 heteroatoms. The Morgan fingerprint density at radius 1 is 1.54 bits per heavy atom. The number of ether oxygens (including phenoxy) is 1. The van der Waals surface area contributed by atoms with Crippen LogP contribution in [0.5, 0.6) is 0 Å². The van der Waals surface area contributed by atoms with Gasteiger partial charge in [-0.3, -0.25) is 0 Å². The second-order valence-electron chi connectivity index (χ2n) is 4.78. The molecule has 0 aromatic rings. The maximum atomic E-state index is 11.0. The quantitative estimate of drug-likeness (QED) is 0.625. The third-order valence-electron chi connectivity index (χ3n) is 3.45. The summed E-state index contributed by atoms with van der Waals surface area (Å²) in [5.41, 5.74) is -0.384. The largest absolute Gasteiger partial charge is 0.368 e. The van der Waals surface area contributed by atoms with Crippen molar-refractivity contribution in [2.45, 2.75) is 44.6 Å². The van der Waals surface area contributed by atoms with Crippen molar-refractivity contribution in [3.05, 3.63) is 0 Å². The van der Waals surface area contributed by atoms with Crippen molar-refractivity contribution in [3.8, 4) is 0 Å². The van der Waals surface area contributed by atoms with Crippen LogP contribution in [0.15, 0.2) is 0 Å². The summed E-state index contributed by atoms with van der Waals surface area (Å²) in [4.78, 5) is 11.0. The Hall–Kier alpha value is -0.370. The van der Waals surface area contributed by atoms with E-state index in [4.69, 9.17) is 4.74 Å². The van der Waals surface area contributed by atoms with Crippen LogP contribution in [0.2, 0.25) is 0 Å². The average molecular weight is 182 g/mol. The van der Waals surface area contributed by atoms with Gasteiger partial charge in [-0.1, -0.05) is 6.92 Å². The molecule has 1 aliphatic carbocycles. The fourth-order valence-electron chi connectivity index (χ4n) is 2.75. The van der Waals surface area contributed by atoms with Gasteiger partial charge in [0.05, 0.1) is 0 Å². The van der Waals surface area contributed by atoms with E-state index in [0.29, 0.717) is 0 Å². The molecule has 1 atom stereocenters. The lowest BCUT2D eigenvalue weighted by Gasteiger charge is -2.37. The molecule has 74 valence electrons. The fraction of sp³-hybridized carbons (Fsp3) is 0.909. The van der Waals surface area contributed by atoms with Crippen LogP contribution in [0.4, 0.5) is 0 Å². The van der Waals surface area contributed by atoms with E-state index >= 15 is 0 Å². The smallest absolute Gasteiger partial charge is 0.151 e. The highest BCUT2D eigenvalue weighted by Gasteiger charge is 2.40. The molecule has 1 saturated heterocycles. The highest BCUT2D eigenvalue weighted by Crippen LogP contribution is 2.41. The lowest BCUT2D eigenvalue weighted by Crippen LogP contribution is -2.36. The normalized spacial score (nSPS) is 44.4. The highest BCUT2D eigenvalue weighted by atomic mass is 16.5. The lowest BCUT2D eigenvalue weighted by atomic mass is 9.71. The molecule has 1 aliphatic heterocycles. The molecule has 2 aliphatic rings. The van der Waals surface area contributed by atoms with Crippen LogP contribution in [-0.2, 0) is 9.53 Å². The minimum absolute atomic E-state index is 0.384. The predicted molar refractivity (Wildman–Crippen MR) is 50.5 cm³/mol. The third-order valence-corrected chi connectivity index (χ3v) is 3.45. The topological polar surface area (TPSA) is 26.3 Å². The van der Waals surface area contributed by atoms with Crippen LogP contribution in [0.25, 0.3) is 0 Å². The van der Waals surface area contributed by atoms with Crippen LogP contribution in [0, 0.1) is 11.8 Å². The SMILES string of the molecule is CC1CC(CC2(C=O)CCCO2)C1. The molecule has 2 fully saturated rings. The fourth-order valence-corrected chi connectivity index (χ4v) is 2.75. The molecule has 1 heterocycles. The van der Waals surface area contributed by atoms with Crippen molar-refractivity contribution in [2.75, 3.05) is 6.61 Å². The monoisotopic (exact) mass is 182 g/mol. The van der Waals surface area contributed by atoms with Crippen molar-refractivity contribution in [1.82, 2.24) is 0 Å². The maximum absolute atomic E-state index is 11.0. The Morgan fingerprint density at radius 2 is 2.31 bits per heavy atom. The van der Waals surface area contributed by atoms with E-state index in [1.165, 1.54) is 12.8 Å². The summed E-state index contributed by atoms with van der Waals surface area (Å²) in [6, 6.07) is 0. The van der Waals surface area contributed by atoms with E-state index in [-0.39, 0.29) is 5.60 Å². The summed E-state index contributed by atoms with van der Waals surface area (Å²) in [6.07, 6.45) is 6.60. The number of hydrogen-bond donors (Lipinski definition) is 0. The highest BCUT2D eigenvalue weighted by molar-refractivity contribution is 5.63. The first kappa shape index (κ1) is 9.20. The van der Waals surface area contributed by atoms with Crippen molar-refractivity contribution in [1.29, 1.82) is 0 Å². The number of rotatable bonds is 3. The molecule has 0 amide bonds. The zero-order valence-electron chi connectivity index (χ0n) is 8.29. The minimum Gasteiger partial charge on any atom is -0.368 e. The Morgan fingerprint density at radius 3 is 2.77 bits per heavy atom. The molecule has 1 unspecified atom stereocenters. The molecule has 13 heavy (non-hydrogen) atoms. The molecule has 0 aromatic carbocycles. The average Bonchev–Trinajstić information content (AvgIpc) is 2.51. The van der Waals surface area contributed by atoms with Gasteiger partial charge in [0.25, 0.3) is 0 Å². The first-order valence-electron chi connectivity index (χ1n) is 5.34. The first-order valence-corrected chi connectivity index (χ1v) is 5.34. The molecular weight excluding hydrogens is 164 g/mol. The molecule has 0 bridgehead atoms. The van der Waals surface area contributed by atoms with Crippen LogP contribution in [0.1, 0.15) is 39.0 Å². The van der Waals surface area contributed by atoms with Crippen molar-refractivity contribution in [2.24, 2.45) is 11.8 Å². The number of carbonyl (C=O) groups is 1. The third kappa shape index (κ3) is 1.78. The number of carbonyl (C=O) groups excluding carboxylic acids is 1. The van der Waals surface area contributed by atoms with Gasteiger partial charge < -0.3 is 9.53 Å².